The third-order valence-corrected chi connectivity index (χ3v) is 9.34. The topological polar surface area (TPSA) is 210 Å². The minimum absolute atomic E-state index is 0.0889. The van der Waals surface area contributed by atoms with Gasteiger partial charge in [0.05, 0.1) is 6.61 Å². The maximum atomic E-state index is 12.7. The summed E-state index contributed by atoms with van der Waals surface area (Å²) in [6.07, 6.45) is 8.98. The summed E-state index contributed by atoms with van der Waals surface area (Å²) in [6.45, 7) is 3.16. The van der Waals surface area contributed by atoms with Gasteiger partial charge in [0.2, 0.25) is 0 Å². The maximum absolute atomic E-state index is 12.7. The summed E-state index contributed by atoms with van der Waals surface area (Å²) >= 11 is 0. The molecule has 0 heterocycles. The van der Waals surface area contributed by atoms with Crippen molar-refractivity contribution in [3.05, 3.63) is 12.2 Å². The van der Waals surface area contributed by atoms with E-state index in [9.17, 15) is 44.6 Å². The Labute approximate surface area is 286 Å². The Hall–Kier alpha value is -1.41. The average Bonchev–Trinajstić information content (AvgIpc) is 3.06. The molecule has 13 nitrogen and oxygen atoms in total. The maximum Gasteiger partial charge on any atom is 0.472 e. The van der Waals surface area contributed by atoms with Gasteiger partial charge < -0.3 is 39.9 Å². The summed E-state index contributed by atoms with van der Waals surface area (Å²) in [6, 6.07) is 0. The number of unbranched alkanes of at least 4 members (excludes halogenated alkanes) is 14. The van der Waals surface area contributed by atoms with E-state index in [2.05, 4.69) is 26.0 Å². The third-order valence-electron chi connectivity index (χ3n) is 8.36. The number of allylic oxidation sites excluding steroid dienone is 2. The van der Waals surface area contributed by atoms with E-state index >= 15 is 0 Å². The summed E-state index contributed by atoms with van der Waals surface area (Å²) in [4.78, 5) is 35.2. The van der Waals surface area contributed by atoms with E-state index in [1.807, 2.05) is 0 Å². The molecule has 0 saturated heterocycles. The van der Waals surface area contributed by atoms with Gasteiger partial charge in [-0.1, -0.05) is 96.6 Å². The zero-order valence-corrected chi connectivity index (χ0v) is 29.9. The van der Waals surface area contributed by atoms with Crippen LogP contribution >= 0.6 is 7.82 Å². The molecular weight excluding hydrogens is 647 g/mol. The van der Waals surface area contributed by atoms with Crippen LogP contribution in [0.4, 0.5) is 0 Å². The van der Waals surface area contributed by atoms with Crippen molar-refractivity contribution >= 4 is 19.8 Å². The number of hydrogen-bond acceptors (Lipinski definition) is 12. The molecule has 0 radical (unpaired) electrons. The highest BCUT2D eigenvalue weighted by Crippen LogP contribution is 2.47. The van der Waals surface area contributed by atoms with E-state index in [1.54, 1.807) is 0 Å². The molecule has 14 heteroatoms. The quantitative estimate of drug-likeness (QED) is 0.0280. The fraction of sp³-hybridized carbons (Fsp3) is 0.882. The fourth-order valence-corrected chi connectivity index (χ4v) is 6.31. The highest BCUT2D eigenvalue weighted by molar-refractivity contribution is 7.47. The molecule has 1 aliphatic carbocycles. The lowest BCUT2D eigenvalue weighted by Gasteiger charge is -2.41. The van der Waals surface area contributed by atoms with Crippen molar-refractivity contribution in [2.24, 2.45) is 0 Å². The van der Waals surface area contributed by atoms with Crippen LogP contribution in [0.5, 0.6) is 0 Å². The molecule has 48 heavy (non-hydrogen) atoms. The molecule has 0 aromatic carbocycles. The minimum Gasteiger partial charge on any atom is -0.462 e. The second-order valence-electron chi connectivity index (χ2n) is 12.7. The van der Waals surface area contributed by atoms with Gasteiger partial charge in [-0.25, -0.2) is 4.57 Å². The first-order valence-electron chi connectivity index (χ1n) is 18.0. The van der Waals surface area contributed by atoms with Crippen LogP contribution in [0.1, 0.15) is 136 Å². The molecule has 0 aliphatic heterocycles. The molecule has 282 valence electrons. The number of rotatable bonds is 28. The molecule has 0 amide bonds. The van der Waals surface area contributed by atoms with Crippen LogP contribution in [0.15, 0.2) is 12.2 Å². The van der Waals surface area contributed by atoms with Gasteiger partial charge in [0.1, 0.15) is 43.2 Å². The lowest BCUT2D eigenvalue weighted by atomic mass is 9.85. The van der Waals surface area contributed by atoms with Gasteiger partial charge in [-0.2, -0.15) is 0 Å². The van der Waals surface area contributed by atoms with Crippen molar-refractivity contribution < 1.29 is 63.1 Å². The smallest absolute Gasteiger partial charge is 0.462 e. The number of aliphatic hydroxyl groups is 5. The van der Waals surface area contributed by atoms with E-state index in [0.717, 1.165) is 70.6 Å². The van der Waals surface area contributed by atoms with Crippen LogP contribution in [-0.4, -0.2) is 98.3 Å². The van der Waals surface area contributed by atoms with Crippen molar-refractivity contribution in [2.45, 2.75) is 179 Å². The first-order chi connectivity index (χ1) is 22.9. The first kappa shape index (κ1) is 44.6. The zero-order chi connectivity index (χ0) is 35.8. The van der Waals surface area contributed by atoms with Crippen LogP contribution in [0.25, 0.3) is 0 Å². The Balaban J connectivity index is 2.58. The highest BCUT2D eigenvalue weighted by atomic mass is 31.2. The van der Waals surface area contributed by atoms with Crippen LogP contribution in [0.3, 0.4) is 0 Å². The molecule has 8 atom stereocenters. The molecule has 1 fully saturated rings. The van der Waals surface area contributed by atoms with Crippen molar-refractivity contribution in [3.63, 3.8) is 0 Å². The lowest BCUT2D eigenvalue weighted by Crippen LogP contribution is -2.64. The standard InChI is InChI=1S/C34H63O13P/c1-3-5-7-9-11-12-13-14-15-17-19-21-23-28(36)46-26(24-44-27(35)22-20-18-16-10-8-6-4-2)25-45-48(42,43)47-34-32(40)30(38)29(37)31(39)33(34)41/h11-12,26,29-34,37-41H,3-10,13-25H2,1-2H3,(H,42,43)/b12-11+/t26-,29?,30-,31?,32?,33?,34?/m1/s1. The van der Waals surface area contributed by atoms with Gasteiger partial charge in [0.15, 0.2) is 6.10 Å². The van der Waals surface area contributed by atoms with E-state index in [0.29, 0.717) is 12.8 Å². The predicted octanol–water partition coefficient (Wildman–Crippen LogP) is 4.77. The fourth-order valence-electron chi connectivity index (χ4n) is 5.34. The number of carbonyl (C=O) groups excluding carboxylic acids is 2. The predicted molar refractivity (Wildman–Crippen MR) is 180 cm³/mol. The molecule has 0 spiro atoms. The largest absolute Gasteiger partial charge is 0.472 e. The zero-order valence-electron chi connectivity index (χ0n) is 29.0. The molecule has 0 aromatic rings. The SMILES string of the molecule is CCCCC/C=C/CCCCCCCC(=O)O[C@H](COC(=O)CCCCCCCCC)COP(=O)(O)OC1C(O)C(O)C(O)[C@@H](O)C1O. The number of esters is 2. The van der Waals surface area contributed by atoms with Crippen LogP contribution in [-0.2, 0) is 32.7 Å². The van der Waals surface area contributed by atoms with Crippen molar-refractivity contribution in [1.29, 1.82) is 0 Å². The number of ether oxygens (including phenoxy) is 2. The number of phosphoric acid groups is 1. The molecule has 1 saturated carbocycles. The molecule has 1 rings (SSSR count). The van der Waals surface area contributed by atoms with Gasteiger partial charge in [-0.05, 0) is 38.5 Å². The van der Waals surface area contributed by atoms with Crippen LogP contribution in [0, 0.1) is 0 Å². The number of phosphoric ester groups is 1. The van der Waals surface area contributed by atoms with Gasteiger partial charge in [-0.15, -0.1) is 0 Å². The van der Waals surface area contributed by atoms with Crippen LogP contribution in [0.2, 0.25) is 0 Å². The summed E-state index contributed by atoms with van der Waals surface area (Å²) < 4.78 is 33.1. The van der Waals surface area contributed by atoms with Crippen molar-refractivity contribution in [2.75, 3.05) is 13.2 Å². The lowest BCUT2D eigenvalue weighted by molar-refractivity contribution is -0.220. The minimum atomic E-state index is -5.10. The van der Waals surface area contributed by atoms with E-state index in [4.69, 9.17) is 18.5 Å². The second kappa shape index (κ2) is 26.4. The number of hydrogen-bond donors (Lipinski definition) is 6. The average molecular weight is 711 g/mol. The van der Waals surface area contributed by atoms with Gasteiger partial charge in [-0.3, -0.25) is 18.6 Å². The van der Waals surface area contributed by atoms with Crippen LogP contribution < -0.4 is 0 Å². The molecule has 1 aliphatic rings. The Morgan fingerprint density at radius 1 is 0.625 bits per heavy atom. The summed E-state index contributed by atoms with van der Waals surface area (Å²) in [5.74, 6) is -1.12. The van der Waals surface area contributed by atoms with E-state index in [-0.39, 0.29) is 12.8 Å². The Morgan fingerprint density at radius 3 is 1.62 bits per heavy atom. The van der Waals surface area contributed by atoms with Crippen molar-refractivity contribution in [3.8, 4) is 0 Å². The van der Waals surface area contributed by atoms with Gasteiger partial charge >= 0.3 is 19.8 Å². The molecule has 6 N–H and O–H groups in total. The molecule has 6 unspecified atom stereocenters. The second-order valence-corrected chi connectivity index (χ2v) is 14.1. The molecular formula is C34H63O13P. The van der Waals surface area contributed by atoms with Gasteiger partial charge in [0, 0.05) is 12.8 Å². The van der Waals surface area contributed by atoms with Gasteiger partial charge in [0.25, 0.3) is 0 Å². The van der Waals surface area contributed by atoms with Crippen molar-refractivity contribution in [1.82, 2.24) is 0 Å². The summed E-state index contributed by atoms with van der Waals surface area (Å²) in [5, 5.41) is 49.7. The molecule has 0 aromatic heterocycles. The normalized spacial score (nSPS) is 24.8. The number of aliphatic hydroxyl groups excluding tert-OH is 5. The Bertz CT molecular complexity index is 917. The third kappa shape index (κ3) is 19.7. The Kier molecular flexibility index (Phi) is 24.5. The summed E-state index contributed by atoms with van der Waals surface area (Å²) in [7, 11) is -5.10. The monoisotopic (exact) mass is 710 g/mol. The first-order valence-corrected chi connectivity index (χ1v) is 19.5. The summed E-state index contributed by atoms with van der Waals surface area (Å²) in [5.41, 5.74) is 0. The molecule has 0 bridgehead atoms. The Morgan fingerprint density at radius 2 is 1.06 bits per heavy atom. The van der Waals surface area contributed by atoms with E-state index < -0.39 is 75.7 Å². The van der Waals surface area contributed by atoms with E-state index in [1.165, 1.54) is 25.7 Å². The highest BCUT2D eigenvalue weighted by Gasteiger charge is 2.51. The number of carbonyl (C=O) groups is 2.